The van der Waals surface area contributed by atoms with Crippen molar-refractivity contribution in [3.05, 3.63) is 0 Å². The Balaban J connectivity index is 2.34. The molecule has 0 aromatic carbocycles. The summed E-state index contributed by atoms with van der Waals surface area (Å²) in [6, 6.07) is 0. The largest absolute Gasteiger partial charge is 0.0651 e. The molecule has 0 saturated heterocycles. The minimum Gasteiger partial charge on any atom is -0.0651 e. The Hall–Kier alpha value is 0. The van der Waals surface area contributed by atoms with Gasteiger partial charge in [0, 0.05) is 0 Å². The molecule has 0 nitrogen and oxygen atoms in total. The lowest BCUT2D eigenvalue weighted by Crippen LogP contribution is -2.09. The average molecular weight is 168 g/mol. The lowest BCUT2D eigenvalue weighted by atomic mass is 9.86. The van der Waals surface area contributed by atoms with E-state index in [0.717, 1.165) is 17.8 Å². The monoisotopic (exact) mass is 168 g/mol. The summed E-state index contributed by atoms with van der Waals surface area (Å²) in [6.07, 6.45) is 8.78. The SMILES string of the molecule is CCC1CCC(C(CC)CC)C1. The van der Waals surface area contributed by atoms with Crippen LogP contribution in [0, 0.1) is 17.8 Å². The summed E-state index contributed by atoms with van der Waals surface area (Å²) >= 11 is 0. The summed E-state index contributed by atoms with van der Waals surface area (Å²) in [6.45, 7) is 7.06. The molecule has 1 aliphatic rings. The van der Waals surface area contributed by atoms with Crippen molar-refractivity contribution in [2.45, 2.75) is 59.3 Å². The fourth-order valence-electron chi connectivity index (χ4n) is 2.87. The van der Waals surface area contributed by atoms with Gasteiger partial charge in [0.2, 0.25) is 0 Å². The Morgan fingerprint density at radius 3 is 2.17 bits per heavy atom. The third-order valence-corrected chi connectivity index (χ3v) is 3.87. The van der Waals surface area contributed by atoms with Crippen LogP contribution >= 0.6 is 0 Å². The molecule has 0 aromatic heterocycles. The van der Waals surface area contributed by atoms with Crippen LogP contribution in [0.3, 0.4) is 0 Å². The maximum absolute atomic E-state index is 2.35. The zero-order valence-corrected chi connectivity index (χ0v) is 8.97. The van der Waals surface area contributed by atoms with Crippen LogP contribution in [0.15, 0.2) is 0 Å². The third kappa shape index (κ3) is 2.24. The highest BCUT2D eigenvalue weighted by molar-refractivity contribution is 4.78. The second-order valence-corrected chi connectivity index (χ2v) is 4.42. The Bertz CT molecular complexity index is 113. The predicted octanol–water partition coefficient (Wildman–Crippen LogP) is 4.25. The maximum Gasteiger partial charge on any atom is -0.0383 e. The molecule has 1 aliphatic carbocycles. The van der Waals surface area contributed by atoms with Crippen molar-refractivity contribution >= 4 is 0 Å². The van der Waals surface area contributed by atoms with Gasteiger partial charge in [-0.15, -0.1) is 0 Å². The molecule has 1 saturated carbocycles. The van der Waals surface area contributed by atoms with Gasteiger partial charge in [0.15, 0.2) is 0 Å². The summed E-state index contributed by atoms with van der Waals surface area (Å²) in [4.78, 5) is 0. The van der Waals surface area contributed by atoms with Crippen LogP contribution in [-0.2, 0) is 0 Å². The first-order valence-corrected chi connectivity index (χ1v) is 5.81. The van der Waals surface area contributed by atoms with E-state index < -0.39 is 0 Å². The van der Waals surface area contributed by atoms with Crippen molar-refractivity contribution in [1.29, 1.82) is 0 Å². The molecule has 72 valence electrons. The smallest absolute Gasteiger partial charge is 0.0383 e. The van der Waals surface area contributed by atoms with Crippen molar-refractivity contribution in [2.24, 2.45) is 17.8 Å². The van der Waals surface area contributed by atoms with E-state index in [1.807, 2.05) is 0 Å². The van der Waals surface area contributed by atoms with E-state index in [4.69, 9.17) is 0 Å². The second-order valence-electron chi connectivity index (χ2n) is 4.42. The molecular formula is C12H24. The van der Waals surface area contributed by atoms with E-state index in [0.29, 0.717) is 0 Å². The molecule has 12 heavy (non-hydrogen) atoms. The third-order valence-electron chi connectivity index (χ3n) is 3.87. The second kappa shape index (κ2) is 4.89. The number of rotatable bonds is 4. The Kier molecular flexibility index (Phi) is 4.11. The van der Waals surface area contributed by atoms with Crippen LogP contribution in [0.1, 0.15) is 59.3 Å². The summed E-state index contributed by atoms with van der Waals surface area (Å²) in [7, 11) is 0. The molecule has 1 fully saturated rings. The van der Waals surface area contributed by atoms with Gasteiger partial charge in [-0.05, 0) is 30.6 Å². The van der Waals surface area contributed by atoms with Gasteiger partial charge in [0.1, 0.15) is 0 Å². The molecule has 0 heterocycles. The van der Waals surface area contributed by atoms with Gasteiger partial charge in [0.25, 0.3) is 0 Å². The molecule has 0 spiro atoms. The highest BCUT2D eigenvalue weighted by Crippen LogP contribution is 2.39. The van der Waals surface area contributed by atoms with E-state index in [-0.39, 0.29) is 0 Å². The maximum atomic E-state index is 2.35. The molecular weight excluding hydrogens is 144 g/mol. The van der Waals surface area contributed by atoms with Gasteiger partial charge in [-0.1, -0.05) is 46.5 Å². The van der Waals surface area contributed by atoms with E-state index >= 15 is 0 Å². The van der Waals surface area contributed by atoms with Crippen molar-refractivity contribution in [3.8, 4) is 0 Å². The van der Waals surface area contributed by atoms with E-state index in [9.17, 15) is 0 Å². The van der Waals surface area contributed by atoms with Crippen LogP contribution in [-0.4, -0.2) is 0 Å². The van der Waals surface area contributed by atoms with Gasteiger partial charge >= 0.3 is 0 Å². The molecule has 0 aromatic rings. The van der Waals surface area contributed by atoms with Crippen molar-refractivity contribution < 1.29 is 0 Å². The molecule has 0 N–H and O–H groups in total. The zero-order chi connectivity index (χ0) is 8.97. The van der Waals surface area contributed by atoms with E-state index in [1.165, 1.54) is 38.5 Å². The highest BCUT2D eigenvalue weighted by Gasteiger charge is 2.27. The first-order chi connectivity index (χ1) is 5.81. The van der Waals surface area contributed by atoms with Crippen LogP contribution in [0.5, 0.6) is 0 Å². The van der Waals surface area contributed by atoms with E-state index in [1.54, 1.807) is 0 Å². The first kappa shape index (κ1) is 10.1. The van der Waals surface area contributed by atoms with Gasteiger partial charge in [-0.25, -0.2) is 0 Å². The van der Waals surface area contributed by atoms with Crippen molar-refractivity contribution in [2.75, 3.05) is 0 Å². The summed E-state index contributed by atoms with van der Waals surface area (Å²) in [5.74, 6) is 3.17. The fraction of sp³-hybridized carbons (Fsp3) is 1.00. The van der Waals surface area contributed by atoms with Crippen LogP contribution < -0.4 is 0 Å². The molecule has 0 amide bonds. The molecule has 0 aliphatic heterocycles. The summed E-state index contributed by atoms with van der Waals surface area (Å²) in [5, 5.41) is 0. The van der Waals surface area contributed by atoms with Crippen LogP contribution in [0.4, 0.5) is 0 Å². The lowest BCUT2D eigenvalue weighted by Gasteiger charge is -2.20. The van der Waals surface area contributed by atoms with Crippen molar-refractivity contribution in [3.63, 3.8) is 0 Å². The molecule has 0 radical (unpaired) electrons. The van der Waals surface area contributed by atoms with Gasteiger partial charge in [-0.3, -0.25) is 0 Å². The van der Waals surface area contributed by atoms with E-state index in [2.05, 4.69) is 20.8 Å². The molecule has 0 bridgehead atoms. The zero-order valence-electron chi connectivity index (χ0n) is 8.97. The molecule has 0 heteroatoms. The van der Waals surface area contributed by atoms with Gasteiger partial charge in [0.05, 0.1) is 0 Å². The highest BCUT2D eigenvalue weighted by atomic mass is 14.3. The summed E-state index contributed by atoms with van der Waals surface area (Å²) < 4.78 is 0. The topological polar surface area (TPSA) is 0 Å². The summed E-state index contributed by atoms with van der Waals surface area (Å²) in [5.41, 5.74) is 0. The standard InChI is InChI=1S/C12H24/c1-4-10-7-8-12(9-10)11(5-2)6-3/h10-12H,4-9H2,1-3H3. The lowest BCUT2D eigenvalue weighted by molar-refractivity contribution is 0.308. The quantitative estimate of drug-likeness (QED) is 0.588. The van der Waals surface area contributed by atoms with Gasteiger partial charge < -0.3 is 0 Å². The normalized spacial score (nSPS) is 30.0. The van der Waals surface area contributed by atoms with Crippen molar-refractivity contribution in [1.82, 2.24) is 0 Å². The predicted molar refractivity (Wildman–Crippen MR) is 55.2 cm³/mol. The number of hydrogen-bond donors (Lipinski definition) is 0. The minimum atomic E-state index is 1.03. The van der Waals surface area contributed by atoms with Crippen LogP contribution in [0.25, 0.3) is 0 Å². The Morgan fingerprint density at radius 1 is 1.08 bits per heavy atom. The minimum absolute atomic E-state index is 1.03. The molecule has 2 unspecified atom stereocenters. The Labute approximate surface area is 77.7 Å². The molecule has 1 rings (SSSR count). The Morgan fingerprint density at radius 2 is 1.75 bits per heavy atom. The average Bonchev–Trinajstić information content (AvgIpc) is 2.55. The number of hydrogen-bond acceptors (Lipinski definition) is 0. The van der Waals surface area contributed by atoms with Gasteiger partial charge in [-0.2, -0.15) is 0 Å². The van der Waals surface area contributed by atoms with Crippen LogP contribution in [0.2, 0.25) is 0 Å². The molecule has 2 atom stereocenters. The fourth-order valence-corrected chi connectivity index (χ4v) is 2.87. The first-order valence-electron chi connectivity index (χ1n) is 5.81.